The van der Waals surface area contributed by atoms with Crippen molar-refractivity contribution >= 4 is 5.97 Å². The lowest BCUT2D eigenvalue weighted by atomic mass is 9.83. The number of esters is 1. The Hall–Kier alpha value is -2.33. The van der Waals surface area contributed by atoms with E-state index in [0.29, 0.717) is 12.3 Å². The first kappa shape index (κ1) is 19.7. The highest BCUT2D eigenvalue weighted by atomic mass is 16.5. The predicted octanol–water partition coefficient (Wildman–Crippen LogP) is 2.53. The molecular formula is C21H24O3. The molecule has 0 heterocycles. The number of ether oxygens (including phenoxy) is 1. The van der Waals surface area contributed by atoms with E-state index >= 15 is 0 Å². The van der Waals surface area contributed by atoms with Gasteiger partial charge in [-0.2, -0.15) is 0 Å². The molecule has 1 N–H and O–H groups in total. The van der Waals surface area contributed by atoms with E-state index in [1.165, 1.54) is 20.0 Å². The normalized spacial score (nSPS) is 16.5. The highest BCUT2D eigenvalue weighted by molar-refractivity contribution is 5.77. The largest absolute Gasteiger partial charge is 0.469 e. The Kier molecular flexibility index (Phi) is 8.58. The van der Waals surface area contributed by atoms with Gasteiger partial charge in [-0.15, -0.1) is 0 Å². The summed E-state index contributed by atoms with van der Waals surface area (Å²) < 4.78 is 4.84. The summed E-state index contributed by atoms with van der Waals surface area (Å²) in [5.74, 6) is 22.3. The molecule has 2 unspecified atom stereocenters. The summed E-state index contributed by atoms with van der Waals surface area (Å²) in [7, 11) is 1.34. The Labute approximate surface area is 145 Å². The standard InChI is InChI=1S/C21H24O3/c1-4-5-6-9-16-21(2,20(23)24-3)17-10-13-19(22)15-14-18-11-7-8-12-18/h18-19,22H,7-8,11-12,16-17H2,1-3H3. The summed E-state index contributed by atoms with van der Waals surface area (Å²) in [5.41, 5.74) is -0.844. The fourth-order valence-electron chi connectivity index (χ4n) is 2.45. The van der Waals surface area contributed by atoms with Crippen LogP contribution in [0, 0.1) is 58.7 Å². The number of hydrogen-bond acceptors (Lipinski definition) is 3. The molecule has 24 heavy (non-hydrogen) atoms. The van der Waals surface area contributed by atoms with Gasteiger partial charge in [-0.1, -0.05) is 48.4 Å². The summed E-state index contributed by atoms with van der Waals surface area (Å²) in [6.07, 6.45) is 4.19. The number of carbonyl (C=O) groups excluding carboxylic acids is 1. The van der Waals surface area contributed by atoms with Gasteiger partial charge in [0.2, 0.25) is 0 Å². The maximum atomic E-state index is 12.0. The molecule has 0 aromatic rings. The van der Waals surface area contributed by atoms with E-state index in [0.717, 1.165) is 12.8 Å². The molecule has 1 fully saturated rings. The van der Waals surface area contributed by atoms with E-state index < -0.39 is 11.5 Å². The molecule has 1 aliphatic rings. The molecule has 2 atom stereocenters. The average Bonchev–Trinajstić information content (AvgIpc) is 3.09. The Morgan fingerprint density at radius 2 is 1.88 bits per heavy atom. The third-order valence-corrected chi connectivity index (χ3v) is 3.93. The minimum absolute atomic E-state index is 0.246. The fraction of sp³-hybridized carbons (Fsp3) is 0.571. The zero-order valence-corrected chi connectivity index (χ0v) is 14.7. The van der Waals surface area contributed by atoms with Gasteiger partial charge in [0.15, 0.2) is 6.10 Å². The molecule has 0 radical (unpaired) electrons. The SMILES string of the molecule is CC#CC#CCC(C)(CC#CC(O)C#CC1CCCC1)C(=O)OC. The van der Waals surface area contributed by atoms with Gasteiger partial charge < -0.3 is 9.84 Å². The number of hydrogen-bond donors (Lipinski definition) is 1. The number of rotatable bonds is 3. The maximum Gasteiger partial charge on any atom is 0.313 e. The molecule has 0 spiro atoms. The topological polar surface area (TPSA) is 46.5 Å². The van der Waals surface area contributed by atoms with Gasteiger partial charge in [-0.05, 0) is 38.5 Å². The van der Waals surface area contributed by atoms with Crippen molar-refractivity contribution in [2.24, 2.45) is 11.3 Å². The van der Waals surface area contributed by atoms with Gasteiger partial charge in [0, 0.05) is 18.8 Å². The number of aliphatic hydroxyl groups excluding tert-OH is 1. The summed E-state index contributed by atoms with van der Waals surface area (Å²) in [6.45, 7) is 3.45. The highest BCUT2D eigenvalue weighted by Gasteiger charge is 2.32. The van der Waals surface area contributed by atoms with Crippen molar-refractivity contribution in [1.82, 2.24) is 0 Å². The van der Waals surface area contributed by atoms with Crippen LogP contribution in [0.1, 0.15) is 52.4 Å². The minimum Gasteiger partial charge on any atom is -0.469 e. The van der Waals surface area contributed by atoms with Gasteiger partial charge in [-0.3, -0.25) is 4.79 Å². The van der Waals surface area contributed by atoms with Crippen LogP contribution in [-0.2, 0) is 9.53 Å². The number of aliphatic hydroxyl groups is 1. The van der Waals surface area contributed by atoms with E-state index in [9.17, 15) is 9.90 Å². The third kappa shape index (κ3) is 6.84. The number of carbonyl (C=O) groups is 1. The first-order chi connectivity index (χ1) is 11.5. The van der Waals surface area contributed by atoms with Crippen molar-refractivity contribution in [2.75, 3.05) is 7.11 Å². The van der Waals surface area contributed by atoms with Crippen LogP contribution >= 0.6 is 0 Å². The molecule has 126 valence electrons. The molecule has 0 aliphatic heterocycles. The molecule has 0 amide bonds. The lowest BCUT2D eigenvalue weighted by Gasteiger charge is -2.21. The summed E-state index contributed by atoms with van der Waals surface area (Å²) in [4.78, 5) is 12.0. The van der Waals surface area contributed by atoms with Crippen LogP contribution in [0.25, 0.3) is 0 Å². The van der Waals surface area contributed by atoms with E-state index in [2.05, 4.69) is 47.4 Å². The zero-order valence-electron chi connectivity index (χ0n) is 14.7. The summed E-state index contributed by atoms with van der Waals surface area (Å²) in [5, 5.41) is 9.84. The lowest BCUT2D eigenvalue weighted by Crippen LogP contribution is -2.28. The second-order valence-electron chi connectivity index (χ2n) is 6.08. The predicted molar refractivity (Wildman–Crippen MR) is 94.1 cm³/mol. The van der Waals surface area contributed by atoms with E-state index in [-0.39, 0.29) is 12.4 Å². The highest BCUT2D eigenvalue weighted by Crippen LogP contribution is 2.27. The van der Waals surface area contributed by atoms with Gasteiger partial charge in [0.1, 0.15) is 0 Å². The second-order valence-corrected chi connectivity index (χ2v) is 6.08. The molecule has 1 saturated carbocycles. The second kappa shape index (κ2) is 10.4. The first-order valence-corrected chi connectivity index (χ1v) is 8.17. The van der Waals surface area contributed by atoms with Gasteiger partial charge >= 0.3 is 5.97 Å². The monoisotopic (exact) mass is 324 g/mol. The van der Waals surface area contributed by atoms with Gasteiger partial charge in [0.05, 0.1) is 12.5 Å². The quantitative estimate of drug-likeness (QED) is 0.641. The zero-order chi connectivity index (χ0) is 17.8. The molecule has 3 nitrogen and oxygen atoms in total. The van der Waals surface area contributed by atoms with E-state index in [1.807, 2.05) is 0 Å². The van der Waals surface area contributed by atoms with Crippen LogP contribution in [0.4, 0.5) is 0 Å². The smallest absolute Gasteiger partial charge is 0.313 e. The molecule has 1 rings (SSSR count). The van der Waals surface area contributed by atoms with Crippen LogP contribution < -0.4 is 0 Å². The molecular weight excluding hydrogens is 300 g/mol. The molecule has 0 aromatic carbocycles. The first-order valence-electron chi connectivity index (χ1n) is 8.17. The Balaban J connectivity index is 2.68. The van der Waals surface area contributed by atoms with Crippen LogP contribution in [0.5, 0.6) is 0 Å². The Morgan fingerprint density at radius 1 is 1.21 bits per heavy atom. The van der Waals surface area contributed by atoms with Crippen LogP contribution in [0.3, 0.4) is 0 Å². The van der Waals surface area contributed by atoms with Crippen molar-refractivity contribution in [3.63, 3.8) is 0 Å². The van der Waals surface area contributed by atoms with Crippen molar-refractivity contribution in [1.29, 1.82) is 0 Å². The van der Waals surface area contributed by atoms with Crippen LogP contribution in [0.2, 0.25) is 0 Å². The summed E-state index contributed by atoms with van der Waals surface area (Å²) in [6, 6.07) is 0. The molecule has 3 heteroatoms. The average molecular weight is 324 g/mol. The molecule has 1 aliphatic carbocycles. The molecule has 0 bridgehead atoms. The maximum absolute atomic E-state index is 12.0. The van der Waals surface area contributed by atoms with Crippen molar-refractivity contribution in [3.8, 4) is 47.4 Å². The Morgan fingerprint density at radius 3 is 2.50 bits per heavy atom. The molecule has 0 aromatic heterocycles. The van der Waals surface area contributed by atoms with Gasteiger partial charge in [-0.25, -0.2) is 0 Å². The van der Waals surface area contributed by atoms with Crippen molar-refractivity contribution in [3.05, 3.63) is 0 Å². The summed E-state index contributed by atoms with van der Waals surface area (Å²) >= 11 is 0. The van der Waals surface area contributed by atoms with Crippen LogP contribution in [-0.4, -0.2) is 24.3 Å². The van der Waals surface area contributed by atoms with E-state index in [1.54, 1.807) is 13.8 Å². The van der Waals surface area contributed by atoms with E-state index in [4.69, 9.17) is 4.74 Å². The minimum atomic E-state index is -0.982. The van der Waals surface area contributed by atoms with Crippen molar-refractivity contribution in [2.45, 2.75) is 58.5 Å². The molecule has 0 saturated heterocycles. The third-order valence-electron chi connectivity index (χ3n) is 3.93. The lowest BCUT2D eigenvalue weighted by molar-refractivity contribution is -0.151. The Bertz CT molecular complexity index is 670. The van der Waals surface area contributed by atoms with Crippen molar-refractivity contribution < 1.29 is 14.6 Å². The van der Waals surface area contributed by atoms with Gasteiger partial charge in [0.25, 0.3) is 0 Å². The van der Waals surface area contributed by atoms with Crippen LogP contribution in [0.15, 0.2) is 0 Å². The number of methoxy groups -OCH3 is 1. The fourth-order valence-corrected chi connectivity index (χ4v) is 2.45.